The van der Waals surface area contributed by atoms with Gasteiger partial charge < -0.3 is 20.3 Å². The number of amides is 1. The zero-order chi connectivity index (χ0) is 19.9. The van der Waals surface area contributed by atoms with Crippen LogP contribution in [0.4, 0.5) is 5.69 Å². The Balaban J connectivity index is 0.00000392. The van der Waals surface area contributed by atoms with Gasteiger partial charge in [-0.05, 0) is 29.9 Å². The lowest BCUT2D eigenvalue weighted by Crippen LogP contribution is -2.45. The lowest BCUT2D eigenvalue weighted by molar-refractivity contribution is -0.118. The molecule has 1 unspecified atom stereocenters. The average molecular weight is 502 g/mol. The number of guanidine groups is 1. The Morgan fingerprint density at radius 1 is 1.29 bits per heavy atom. The van der Waals surface area contributed by atoms with E-state index in [9.17, 15) is 4.79 Å². The van der Waals surface area contributed by atoms with Crippen LogP contribution >= 0.6 is 24.0 Å². The van der Waals surface area contributed by atoms with Gasteiger partial charge in [0.05, 0.1) is 6.10 Å². The van der Waals surface area contributed by atoms with Crippen LogP contribution in [0.25, 0.3) is 0 Å². The van der Waals surface area contributed by atoms with Crippen LogP contribution in [0.1, 0.15) is 39.2 Å². The summed E-state index contributed by atoms with van der Waals surface area (Å²) < 4.78 is 5.56. The van der Waals surface area contributed by atoms with Crippen molar-refractivity contribution >= 4 is 41.5 Å². The van der Waals surface area contributed by atoms with Gasteiger partial charge in [-0.25, -0.2) is 0 Å². The smallest absolute Gasteiger partial charge is 0.227 e. The van der Waals surface area contributed by atoms with Crippen molar-refractivity contribution in [3.05, 3.63) is 29.8 Å². The first-order chi connectivity index (χ1) is 12.9. The van der Waals surface area contributed by atoms with Crippen molar-refractivity contribution in [1.82, 2.24) is 10.6 Å². The van der Waals surface area contributed by atoms with Gasteiger partial charge in [0.15, 0.2) is 5.96 Å². The summed E-state index contributed by atoms with van der Waals surface area (Å²) in [6.45, 7) is 8.64. The molecule has 1 amide bonds. The number of para-hydroxylation sites is 1. The molecule has 1 heterocycles. The summed E-state index contributed by atoms with van der Waals surface area (Å²) in [5, 5.41) is 6.58. The molecule has 0 aromatic heterocycles. The van der Waals surface area contributed by atoms with Crippen LogP contribution in [0.2, 0.25) is 0 Å². The van der Waals surface area contributed by atoms with Gasteiger partial charge in [-0.1, -0.05) is 39.0 Å². The largest absolute Gasteiger partial charge is 0.379 e. The van der Waals surface area contributed by atoms with Crippen molar-refractivity contribution in [2.75, 3.05) is 38.7 Å². The SMILES string of the molecule is CN=C(NCCCC(=O)N1CCc2ccccc21)NCC(OC)C(C)(C)C.I. The summed E-state index contributed by atoms with van der Waals surface area (Å²) >= 11 is 0. The highest BCUT2D eigenvalue weighted by molar-refractivity contribution is 14.0. The number of nitrogens with zero attached hydrogens (tertiary/aromatic N) is 2. The third kappa shape index (κ3) is 6.92. The Labute approximate surface area is 186 Å². The van der Waals surface area contributed by atoms with Gasteiger partial charge in [0.25, 0.3) is 0 Å². The fourth-order valence-electron chi connectivity index (χ4n) is 3.33. The number of fused-ring (bicyclic) bond motifs is 1. The number of carbonyl (C=O) groups excluding carboxylic acids is 1. The highest BCUT2D eigenvalue weighted by Crippen LogP contribution is 2.28. The molecule has 1 aromatic carbocycles. The van der Waals surface area contributed by atoms with Gasteiger partial charge in [0, 0.05) is 45.9 Å². The molecule has 2 N–H and O–H groups in total. The van der Waals surface area contributed by atoms with Gasteiger partial charge in [0.1, 0.15) is 0 Å². The summed E-state index contributed by atoms with van der Waals surface area (Å²) in [6, 6.07) is 8.16. The van der Waals surface area contributed by atoms with Crippen LogP contribution in [-0.2, 0) is 16.0 Å². The fraction of sp³-hybridized carbons (Fsp3) is 0.619. The minimum absolute atomic E-state index is 0. The molecule has 0 saturated carbocycles. The second-order valence-corrected chi connectivity index (χ2v) is 8.00. The number of rotatable bonds is 7. The predicted octanol–water partition coefficient (Wildman–Crippen LogP) is 3.20. The number of benzene rings is 1. The normalized spacial score (nSPS) is 14.9. The topological polar surface area (TPSA) is 66.0 Å². The molecule has 6 nitrogen and oxygen atoms in total. The molecule has 1 aliphatic heterocycles. The van der Waals surface area contributed by atoms with Crippen LogP contribution in [0, 0.1) is 5.41 Å². The van der Waals surface area contributed by atoms with E-state index in [4.69, 9.17) is 4.74 Å². The van der Waals surface area contributed by atoms with E-state index in [1.165, 1.54) is 5.56 Å². The van der Waals surface area contributed by atoms with Crippen LogP contribution < -0.4 is 15.5 Å². The molecule has 158 valence electrons. The van der Waals surface area contributed by atoms with E-state index >= 15 is 0 Å². The molecule has 0 fully saturated rings. The summed E-state index contributed by atoms with van der Waals surface area (Å²) in [7, 11) is 3.48. The first-order valence-corrected chi connectivity index (χ1v) is 9.72. The molecule has 0 aliphatic carbocycles. The first kappa shape index (κ1) is 24.7. The van der Waals surface area contributed by atoms with E-state index in [0.717, 1.165) is 31.0 Å². The number of nitrogens with one attached hydrogen (secondary N) is 2. The maximum Gasteiger partial charge on any atom is 0.227 e. The molecule has 0 saturated heterocycles. The zero-order valence-corrected chi connectivity index (χ0v) is 20.1. The molecular formula is C21H35IN4O2. The van der Waals surface area contributed by atoms with E-state index in [1.54, 1.807) is 14.2 Å². The summed E-state index contributed by atoms with van der Waals surface area (Å²) in [4.78, 5) is 18.7. The maximum atomic E-state index is 12.5. The third-order valence-electron chi connectivity index (χ3n) is 4.98. The monoisotopic (exact) mass is 502 g/mol. The summed E-state index contributed by atoms with van der Waals surface area (Å²) in [5.74, 6) is 0.928. The molecule has 7 heteroatoms. The highest BCUT2D eigenvalue weighted by atomic mass is 127. The zero-order valence-electron chi connectivity index (χ0n) is 17.7. The molecule has 1 aliphatic rings. The Bertz CT molecular complexity index is 658. The van der Waals surface area contributed by atoms with Crippen molar-refractivity contribution in [1.29, 1.82) is 0 Å². The van der Waals surface area contributed by atoms with Crippen molar-refractivity contribution in [3.63, 3.8) is 0 Å². The van der Waals surface area contributed by atoms with Crippen LogP contribution in [0.5, 0.6) is 0 Å². The quantitative estimate of drug-likeness (QED) is 0.260. The van der Waals surface area contributed by atoms with Gasteiger partial charge in [0.2, 0.25) is 5.91 Å². The Morgan fingerprint density at radius 2 is 2.00 bits per heavy atom. The number of ether oxygens (including phenoxy) is 1. The van der Waals surface area contributed by atoms with E-state index < -0.39 is 0 Å². The highest BCUT2D eigenvalue weighted by Gasteiger charge is 2.25. The van der Waals surface area contributed by atoms with E-state index in [2.05, 4.69) is 42.5 Å². The third-order valence-corrected chi connectivity index (χ3v) is 4.98. The molecule has 1 atom stereocenters. The number of hydrogen-bond donors (Lipinski definition) is 2. The van der Waals surface area contributed by atoms with Gasteiger partial charge in [-0.15, -0.1) is 24.0 Å². The van der Waals surface area contributed by atoms with Crippen molar-refractivity contribution < 1.29 is 9.53 Å². The second kappa shape index (κ2) is 11.6. The number of halogens is 1. The molecule has 0 bridgehead atoms. The lowest BCUT2D eigenvalue weighted by Gasteiger charge is -2.30. The fourth-order valence-corrected chi connectivity index (χ4v) is 3.33. The number of anilines is 1. The molecule has 2 rings (SSSR count). The van der Waals surface area contributed by atoms with Crippen LogP contribution in [0.3, 0.4) is 0 Å². The minimum atomic E-state index is 0. The molecule has 0 spiro atoms. The summed E-state index contributed by atoms with van der Waals surface area (Å²) in [6.07, 6.45) is 2.34. The Hall–Kier alpha value is -1.35. The van der Waals surface area contributed by atoms with Gasteiger partial charge in [-0.2, -0.15) is 0 Å². The molecule has 28 heavy (non-hydrogen) atoms. The van der Waals surface area contributed by atoms with E-state index in [1.807, 2.05) is 23.1 Å². The molecule has 0 radical (unpaired) electrons. The number of aliphatic imine (C=N–C) groups is 1. The Morgan fingerprint density at radius 3 is 2.64 bits per heavy atom. The van der Waals surface area contributed by atoms with Crippen LogP contribution in [-0.4, -0.2) is 51.8 Å². The first-order valence-electron chi connectivity index (χ1n) is 9.72. The van der Waals surface area contributed by atoms with Gasteiger partial charge >= 0.3 is 0 Å². The summed E-state index contributed by atoms with van der Waals surface area (Å²) in [5.41, 5.74) is 2.39. The second-order valence-electron chi connectivity index (χ2n) is 8.00. The van der Waals surface area contributed by atoms with Crippen molar-refractivity contribution in [2.24, 2.45) is 10.4 Å². The molecule has 1 aromatic rings. The number of carbonyl (C=O) groups is 1. The van der Waals surface area contributed by atoms with Crippen LogP contribution in [0.15, 0.2) is 29.3 Å². The number of methoxy groups -OCH3 is 1. The van der Waals surface area contributed by atoms with E-state index in [0.29, 0.717) is 19.5 Å². The standard InChI is InChI=1S/C21H34N4O2.HI/c1-21(2,3)18(27-5)15-24-20(22-4)23-13-8-11-19(26)25-14-12-16-9-6-7-10-17(16)25;/h6-7,9-10,18H,8,11-15H2,1-5H3,(H2,22,23,24);1H. The van der Waals surface area contributed by atoms with Crippen molar-refractivity contribution in [3.8, 4) is 0 Å². The van der Waals surface area contributed by atoms with Crippen molar-refractivity contribution in [2.45, 2.75) is 46.1 Å². The minimum Gasteiger partial charge on any atom is -0.379 e. The maximum absolute atomic E-state index is 12.5. The Kier molecular flexibility index (Phi) is 10.2. The molecular weight excluding hydrogens is 467 g/mol. The average Bonchev–Trinajstić information content (AvgIpc) is 3.06. The number of hydrogen-bond acceptors (Lipinski definition) is 3. The lowest BCUT2D eigenvalue weighted by atomic mass is 9.89. The predicted molar refractivity (Wildman–Crippen MR) is 127 cm³/mol. The van der Waals surface area contributed by atoms with E-state index in [-0.39, 0.29) is 41.4 Å². The van der Waals surface area contributed by atoms with Gasteiger partial charge in [-0.3, -0.25) is 9.79 Å².